The fourth-order valence-corrected chi connectivity index (χ4v) is 4.39. The lowest BCUT2D eigenvalue weighted by atomic mass is 10.2. The molecule has 1 aromatic heterocycles. The van der Waals surface area contributed by atoms with Gasteiger partial charge in [-0.15, -0.1) is 0 Å². The first-order valence-electron chi connectivity index (χ1n) is 20.8. The number of Topliss-reactive ketones (excluding diaryl/α,β-unsaturated/α-hetero) is 3. The Kier molecular flexibility index (Phi) is 35.6. The number of nitrogens with zero attached hydrogens (tertiary/aromatic N) is 3. The normalized spacial score (nSPS) is 9.94. The third kappa shape index (κ3) is 28.1. The summed E-state index contributed by atoms with van der Waals surface area (Å²) in [5, 5.41) is 4.25. The molecule has 0 saturated carbocycles. The number of carbonyl (C=O) groups is 7. The Morgan fingerprint density at radius 2 is 1.20 bits per heavy atom. The molecule has 1 heterocycles. The minimum absolute atomic E-state index is 0.0521. The Labute approximate surface area is 379 Å². The molecule has 3 rings (SSSR count). The van der Waals surface area contributed by atoms with E-state index >= 15 is 0 Å². The highest BCUT2D eigenvalue weighted by atomic mass is 16.5. The quantitative estimate of drug-likeness (QED) is 0.0213. The molecule has 17 nitrogen and oxygen atoms in total. The molecular weight excluding hydrogens is 827 g/mol. The number of benzene rings is 2. The van der Waals surface area contributed by atoms with E-state index in [1.807, 2.05) is 83.1 Å². The Morgan fingerprint density at radius 3 is 1.61 bits per heavy atom. The zero-order chi connectivity index (χ0) is 49.8. The molecule has 0 radical (unpaired) electrons. The van der Waals surface area contributed by atoms with Gasteiger partial charge in [0, 0.05) is 26.0 Å². The molecule has 0 aliphatic carbocycles. The molecule has 0 aliphatic rings. The average Bonchev–Trinajstić information content (AvgIpc) is 3.62. The zero-order valence-corrected chi connectivity index (χ0v) is 40.4. The van der Waals surface area contributed by atoms with E-state index in [1.54, 1.807) is 64.5 Å². The van der Waals surface area contributed by atoms with E-state index in [4.69, 9.17) is 20.1 Å². The lowest BCUT2D eigenvalue weighted by Crippen LogP contribution is -2.17. The smallest absolute Gasteiger partial charge is 0.344 e. The molecule has 0 fully saturated rings. The number of hydrazine groups is 1. The van der Waals surface area contributed by atoms with Crippen LogP contribution in [0.15, 0.2) is 78.3 Å². The number of ether oxygens (including phenoxy) is 5. The standard InChI is InChI=1S/C14H16N2O2.C9H15NO3.C9H14O4.C7H10N2.C6H10O3.C2H6/c1-4-18-14(17)13-9-15-16(11(13)3)12-7-5-6-10(2)8-12;1-5-13-9(12)8(7(2)11)6-10(3)4;1-4-12-6-8(7(3)10)9(11)13-5-2;1-6-3-2-4-7(5-6)9-8;1-3-9-6(8)4-5(2)7;1-2/h5-9H,4H2,1-3H3;6H,5H2,1-4H3;6H,4-5H2,1-3H3;2-5,9H,8H2,1H3;3-4H2,1-2H3;1-2H3. The molecule has 356 valence electrons. The van der Waals surface area contributed by atoms with Crippen LogP contribution in [0, 0.1) is 20.8 Å². The number of aromatic nitrogens is 2. The summed E-state index contributed by atoms with van der Waals surface area (Å²) in [6.07, 6.45) is 4.05. The van der Waals surface area contributed by atoms with Crippen LogP contribution in [0.2, 0.25) is 0 Å². The minimum Gasteiger partial charge on any atom is -0.500 e. The van der Waals surface area contributed by atoms with Gasteiger partial charge in [-0.3, -0.25) is 25.0 Å². The van der Waals surface area contributed by atoms with Crippen LogP contribution in [0.5, 0.6) is 0 Å². The highest BCUT2D eigenvalue weighted by Gasteiger charge is 2.17. The number of hydrogen-bond donors (Lipinski definition) is 2. The molecule has 0 aliphatic heterocycles. The maximum atomic E-state index is 11.7. The van der Waals surface area contributed by atoms with Gasteiger partial charge in [0.15, 0.2) is 11.6 Å². The third-order valence-electron chi connectivity index (χ3n) is 7.14. The fourth-order valence-electron chi connectivity index (χ4n) is 4.39. The van der Waals surface area contributed by atoms with Gasteiger partial charge in [-0.1, -0.05) is 38.1 Å². The molecule has 0 atom stereocenters. The number of nitrogens with two attached hydrogens (primary N) is 1. The lowest BCUT2D eigenvalue weighted by Gasteiger charge is -2.08. The van der Waals surface area contributed by atoms with Crippen LogP contribution < -0.4 is 11.3 Å². The van der Waals surface area contributed by atoms with E-state index in [1.165, 1.54) is 32.5 Å². The van der Waals surface area contributed by atoms with Gasteiger partial charge < -0.3 is 34.0 Å². The van der Waals surface area contributed by atoms with E-state index in [2.05, 4.69) is 20.0 Å². The highest BCUT2D eigenvalue weighted by Crippen LogP contribution is 2.16. The van der Waals surface area contributed by atoms with E-state index in [0.29, 0.717) is 25.4 Å². The predicted molar refractivity (Wildman–Crippen MR) is 247 cm³/mol. The van der Waals surface area contributed by atoms with Crippen molar-refractivity contribution < 1.29 is 57.2 Å². The molecule has 0 bridgehead atoms. The van der Waals surface area contributed by atoms with Crippen molar-refractivity contribution in [3.8, 4) is 5.69 Å². The first-order chi connectivity index (χ1) is 30.2. The number of nitrogens with one attached hydrogen (secondary N) is 1. The summed E-state index contributed by atoms with van der Waals surface area (Å²) in [6, 6.07) is 15.9. The lowest BCUT2D eigenvalue weighted by molar-refractivity contribution is -0.145. The number of esters is 4. The summed E-state index contributed by atoms with van der Waals surface area (Å²) in [5.41, 5.74) is 8.16. The zero-order valence-electron chi connectivity index (χ0n) is 40.4. The Balaban J connectivity index is -0.000000737. The van der Waals surface area contributed by atoms with Crippen LogP contribution in [0.1, 0.15) is 103 Å². The van der Waals surface area contributed by atoms with Gasteiger partial charge in [0.25, 0.3) is 0 Å². The topological polar surface area (TPSA) is 225 Å². The van der Waals surface area contributed by atoms with E-state index in [0.717, 1.165) is 28.9 Å². The van der Waals surface area contributed by atoms with Gasteiger partial charge in [-0.25, -0.2) is 19.1 Å². The molecule has 2 aromatic carbocycles. The van der Waals surface area contributed by atoms with Crippen molar-refractivity contribution in [1.82, 2.24) is 14.7 Å². The predicted octanol–water partition coefficient (Wildman–Crippen LogP) is 7.14. The summed E-state index contributed by atoms with van der Waals surface area (Å²) in [6.45, 7) is 24.2. The molecule has 64 heavy (non-hydrogen) atoms. The summed E-state index contributed by atoms with van der Waals surface area (Å²) >= 11 is 0. The molecule has 17 heteroatoms. The molecule has 0 saturated heterocycles. The van der Waals surface area contributed by atoms with Crippen LogP contribution in [0.3, 0.4) is 0 Å². The van der Waals surface area contributed by atoms with E-state index in [9.17, 15) is 33.6 Å². The monoisotopic (exact) mass is 898 g/mol. The number of nitrogen functional groups attached to an aromatic ring is 1. The summed E-state index contributed by atoms with van der Waals surface area (Å²) in [4.78, 5) is 78.2. The molecule has 3 aromatic rings. The van der Waals surface area contributed by atoms with Crippen molar-refractivity contribution in [1.29, 1.82) is 0 Å². The van der Waals surface area contributed by atoms with Crippen LogP contribution in [0.4, 0.5) is 5.69 Å². The Morgan fingerprint density at radius 1 is 0.703 bits per heavy atom. The SMILES string of the molecule is CC.CCOC(=O)C(=CN(C)C)C(C)=O.CCOC(=O)CC(C)=O.CCOC(=O)c1cnn(-c2cccc(C)c2)c1C.CCOC=C(C(C)=O)C(=O)OCC.Cc1cccc(NN)c1. The second-order valence-electron chi connectivity index (χ2n) is 12.9. The average molecular weight is 898 g/mol. The maximum absolute atomic E-state index is 11.7. The molecule has 0 spiro atoms. The molecular formula is C47H71N5O12. The first-order valence-corrected chi connectivity index (χ1v) is 20.8. The number of hydrogen-bond acceptors (Lipinski definition) is 16. The van der Waals surface area contributed by atoms with Gasteiger partial charge in [0.05, 0.1) is 50.6 Å². The van der Waals surface area contributed by atoms with Gasteiger partial charge in [-0.2, -0.15) is 5.10 Å². The Hall–Kier alpha value is -6.62. The number of anilines is 1. The van der Waals surface area contributed by atoms with Crippen LogP contribution in [-0.4, -0.2) is 103 Å². The molecule has 0 unspecified atom stereocenters. The van der Waals surface area contributed by atoms with Crippen molar-refractivity contribution in [2.75, 3.05) is 52.6 Å². The second-order valence-corrected chi connectivity index (χ2v) is 12.9. The van der Waals surface area contributed by atoms with E-state index < -0.39 is 17.9 Å². The van der Waals surface area contributed by atoms with Gasteiger partial charge >= 0.3 is 23.9 Å². The number of rotatable bonds is 16. The highest BCUT2D eigenvalue weighted by molar-refractivity contribution is 6.16. The summed E-state index contributed by atoms with van der Waals surface area (Å²) < 4.78 is 25.4. The van der Waals surface area contributed by atoms with Crippen molar-refractivity contribution >= 4 is 46.9 Å². The van der Waals surface area contributed by atoms with Crippen molar-refractivity contribution in [2.45, 2.75) is 96.4 Å². The fraction of sp³-hybridized carbons (Fsp3) is 0.447. The van der Waals surface area contributed by atoms with Crippen LogP contribution >= 0.6 is 0 Å². The first kappa shape index (κ1) is 61.7. The van der Waals surface area contributed by atoms with Crippen molar-refractivity contribution in [3.63, 3.8) is 0 Å². The van der Waals surface area contributed by atoms with Crippen molar-refractivity contribution in [3.05, 3.63) is 101 Å². The van der Waals surface area contributed by atoms with Gasteiger partial charge in [-0.05, 0) is 112 Å². The molecule has 0 amide bonds. The number of aryl methyl sites for hydroxylation is 2. The Bertz CT molecular complexity index is 1950. The van der Waals surface area contributed by atoms with E-state index in [-0.39, 0.29) is 54.1 Å². The summed E-state index contributed by atoms with van der Waals surface area (Å²) in [5.74, 6) is 2.40. The van der Waals surface area contributed by atoms with Crippen LogP contribution in [-0.2, 0) is 52.5 Å². The summed E-state index contributed by atoms with van der Waals surface area (Å²) in [7, 11) is 3.48. The third-order valence-corrected chi connectivity index (χ3v) is 7.14. The maximum Gasteiger partial charge on any atom is 0.344 e. The van der Waals surface area contributed by atoms with Crippen LogP contribution in [0.25, 0.3) is 5.69 Å². The number of carbonyl (C=O) groups excluding carboxylic acids is 7. The van der Waals surface area contributed by atoms with Gasteiger partial charge in [0.2, 0.25) is 0 Å². The minimum atomic E-state index is -0.636. The molecule has 3 N–H and O–H groups in total. The largest absolute Gasteiger partial charge is 0.500 e. The van der Waals surface area contributed by atoms with Crippen molar-refractivity contribution in [2.24, 2.45) is 5.84 Å². The number of ketones is 3. The second kappa shape index (κ2) is 37.0. The van der Waals surface area contributed by atoms with Gasteiger partial charge in [0.1, 0.15) is 35.2 Å².